The molecule has 0 radical (unpaired) electrons. The Morgan fingerprint density at radius 1 is 1.39 bits per heavy atom. The van der Waals surface area contributed by atoms with Crippen LogP contribution in [0.4, 0.5) is 0 Å². The van der Waals surface area contributed by atoms with Crippen LogP contribution in [0.15, 0.2) is 18.2 Å². The average Bonchev–Trinajstić information content (AvgIpc) is 2.98. The van der Waals surface area contributed by atoms with Gasteiger partial charge in [0.2, 0.25) is 10.0 Å². The summed E-state index contributed by atoms with van der Waals surface area (Å²) in [6.07, 6.45) is 5.54. The molecular weight excluding hydrogens is 312 g/mol. The van der Waals surface area contributed by atoms with Gasteiger partial charge in [-0.15, -0.1) is 0 Å². The number of hydrogen-bond acceptors (Lipinski definition) is 4. The monoisotopic (exact) mass is 338 g/mol. The molecular formula is C17H26N2O3S. The van der Waals surface area contributed by atoms with Gasteiger partial charge in [-0.05, 0) is 48.9 Å². The number of piperidine rings is 1. The molecule has 1 N–H and O–H groups in total. The van der Waals surface area contributed by atoms with E-state index in [2.05, 4.69) is 27.8 Å². The lowest BCUT2D eigenvalue weighted by Crippen LogP contribution is -2.41. The predicted molar refractivity (Wildman–Crippen MR) is 91.4 cm³/mol. The first-order valence-electron chi connectivity index (χ1n) is 8.41. The summed E-state index contributed by atoms with van der Waals surface area (Å²) >= 11 is 0. The van der Waals surface area contributed by atoms with Crippen LogP contribution in [0.3, 0.4) is 0 Å². The normalized spacial score (nSPS) is 21.9. The van der Waals surface area contributed by atoms with Crippen molar-refractivity contribution >= 4 is 10.0 Å². The van der Waals surface area contributed by atoms with Crippen LogP contribution in [0.25, 0.3) is 0 Å². The van der Waals surface area contributed by atoms with Gasteiger partial charge in [0.15, 0.2) is 0 Å². The minimum atomic E-state index is -3.08. The first-order valence-corrected chi connectivity index (χ1v) is 10.3. The Morgan fingerprint density at radius 3 is 3.09 bits per heavy atom. The van der Waals surface area contributed by atoms with Crippen LogP contribution < -0.4 is 9.46 Å². The van der Waals surface area contributed by atoms with E-state index in [1.165, 1.54) is 17.4 Å². The van der Waals surface area contributed by atoms with Crippen molar-refractivity contribution in [1.29, 1.82) is 0 Å². The van der Waals surface area contributed by atoms with Crippen molar-refractivity contribution in [2.75, 3.05) is 39.0 Å². The predicted octanol–water partition coefficient (Wildman–Crippen LogP) is 1.43. The van der Waals surface area contributed by atoms with E-state index >= 15 is 0 Å². The summed E-state index contributed by atoms with van der Waals surface area (Å²) in [4.78, 5) is 2.46. The van der Waals surface area contributed by atoms with Crippen LogP contribution in [0.5, 0.6) is 5.75 Å². The highest BCUT2D eigenvalue weighted by Crippen LogP contribution is 2.26. The van der Waals surface area contributed by atoms with E-state index in [0.717, 1.165) is 57.7 Å². The third-order valence-corrected chi connectivity index (χ3v) is 5.40. The summed E-state index contributed by atoms with van der Waals surface area (Å²) in [7, 11) is -3.08. The van der Waals surface area contributed by atoms with Gasteiger partial charge in [-0.25, -0.2) is 13.1 Å². The summed E-state index contributed by atoms with van der Waals surface area (Å²) in [5.41, 5.74) is 2.70. The molecule has 0 bridgehead atoms. The molecule has 1 saturated heterocycles. The zero-order valence-corrected chi connectivity index (χ0v) is 14.6. The number of nitrogens with zero attached hydrogens (tertiary/aromatic N) is 1. The maximum absolute atomic E-state index is 11.2. The van der Waals surface area contributed by atoms with Gasteiger partial charge in [0.25, 0.3) is 0 Å². The number of rotatable bonds is 6. The van der Waals surface area contributed by atoms with E-state index in [0.29, 0.717) is 12.5 Å². The molecule has 1 fully saturated rings. The van der Waals surface area contributed by atoms with E-state index in [4.69, 9.17) is 4.74 Å². The van der Waals surface area contributed by atoms with Crippen molar-refractivity contribution in [2.45, 2.75) is 25.7 Å². The Labute approximate surface area is 139 Å². The summed E-state index contributed by atoms with van der Waals surface area (Å²) in [5.74, 6) is 1.46. The highest BCUT2D eigenvalue weighted by Gasteiger charge is 2.20. The number of fused-ring (bicyclic) bond motifs is 1. The molecule has 6 heteroatoms. The van der Waals surface area contributed by atoms with E-state index in [-0.39, 0.29) is 0 Å². The third-order valence-electron chi connectivity index (χ3n) is 4.71. The topological polar surface area (TPSA) is 58.6 Å². The fourth-order valence-corrected chi connectivity index (χ4v) is 4.01. The van der Waals surface area contributed by atoms with Crippen molar-refractivity contribution in [1.82, 2.24) is 9.62 Å². The summed E-state index contributed by atoms with van der Waals surface area (Å²) in [6.45, 7) is 4.50. The fraction of sp³-hybridized carbons (Fsp3) is 0.647. The SMILES string of the molecule is CS(=O)(=O)NC[C@@H]1CCCN(CCc2ccc3c(c2)CCO3)C1. The molecule has 2 heterocycles. The maximum Gasteiger partial charge on any atom is 0.208 e. The molecule has 1 aromatic rings. The van der Waals surface area contributed by atoms with Gasteiger partial charge >= 0.3 is 0 Å². The van der Waals surface area contributed by atoms with Gasteiger partial charge in [0.1, 0.15) is 5.75 Å². The molecule has 1 aromatic carbocycles. The van der Waals surface area contributed by atoms with Crippen molar-refractivity contribution in [3.63, 3.8) is 0 Å². The second kappa shape index (κ2) is 7.20. The van der Waals surface area contributed by atoms with Gasteiger partial charge in [0, 0.05) is 26.1 Å². The van der Waals surface area contributed by atoms with E-state index in [1.807, 2.05) is 0 Å². The van der Waals surface area contributed by atoms with Gasteiger partial charge in [-0.1, -0.05) is 12.1 Å². The number of hydrogen-bond donors (Lipinski definition) is 1. The average molecular weight is 338 g/mol. The molecule has 0 unspecified atom stereocenters. The van der Waals surface area contributed by atoms with Gasteiger partial charge in [-0.3, -0.25) is 0 Å². The molecule has 5 nitrogen and oxygen atoms in total. The second-order valence-corrected chi connectivity index (χ2v) is 8.55. The first kappa shape index (κ1) is 16.7. The van der Waals surface area contributed by atoms with Crippen molar-refractivity contribution in [3.8, 4) is 5.75 Å². The Bertz CT molecular complexity index is 645. The molecule has 1 atom stereocenters. The van der Waals surface area contributed by atoms with Gasteiger partial charge in [-0.2, -0.15) is 0 Å². The van der Waals surface area contributed by atoms with Crippen molar-refractivity contribution in [3.05, 3.63) is 29.3 Å². The molecule has 0 amide bonds. The lowest BCUT2D eigenvalue weighted by atomic mass is 9.97. The fourth-order valence-electron chi connectivity index (χ4n) is 3.47. The van der Waals surface area contributed by atoms with Crippen LogP contribution >= 0.6 is 0 Å². The molecule has 2 aliphatic rings. The molecule has 2 aliphatic heterocycles. The van der Waals surface area contributed by atoms with Crippen LogP contribution in [0.2, 0.25) is 0 Å². The maximum atomic E-state index is 11.2. The van der Waals surface area contributed by atoms with Crippen molar-refractivity contribution in [2.24, 2.45) is 5.92 Å². The molecule has 0 saturated carbocycles. The van der Waals surface area contributed by atoms with E-state index in [9.17, 15) is 8.42 Å². The largest absolute Gasteiger partial charge is 0.493 e. The van der Waals surface area contributed by atoms with Crippen LogP contribution in [0.1, 0.15) is 24.0 Å². The summed E-state index contributed by atoms with van der Waals surface area (Å²) in [6, 6.07) is 6.53. The minimum absolute atomic E-state index is 0.423. The summed E-state index contributed by atoms with van der Waals surface area (Å²) < 4.78 is 30.6. The van der Waals surface area contributed by atoms with E-state index in [1.54, 1.807) is 0 Å². The smallest absolute Gasteiger partial charge is 0.208 e. The first-order chi connectivity index (χ1) is 11.0. The number of nitrogens with one attached hydrogen (secondary N) is 1. The molecule has 3 rings (SSSR count). The second-order valence-electron chi connectivity index (χ2n) is 6.72. The quantitative estimate of drug-likeness (QED) is 0.852. The Morgan fingerprint density at radius 2 is 2.26 bits per heavy atom. The van der Waals surface area contributed by atoms with Crippen LogP contribution in [0, 0.1) is 5.92 Å². The standard InChI is InChI=1S/C17H26N2O3S/c1-23(20,21)18-12-15-3-2-8-19(13-15)9-6-14-4-5-17-16(11-14)7-10-22-17/h4-5,11,15,18H,2-3,6-10,12-13H2,1H3/t15-/m0/s1. The number of benzene rings is 1. The third kappa shape index (κ3) is 4.93. The molecule has 23 heavy (non-hydrogen) atoms. The van der Waals surface area contributed by atoms with E-state index < -0.39 is 10.0 Å². The van der Waals surface area contributed by atoms with Crippen LogP contribution in [-0.2, 0) is 22.9 Å². The van der Waals surface area contributed by atoms with Gasteiger partial charge in [0.05, 0.1) is 12.9 Å². The Hall–Kier alpha value is -1.11. The Kier molecular flexibility index (Phi) is 5.24. The zero-order valence-electron chi connectivity index (χ0n) is 13.8. The minimum Gasteiger partial charge on any atom is -0.493 e. The molecule has 0 spiro atoms. The molecule has 128 valence electrons. The summed E-state index contributed by atoms with van der Waals surface area (Å²) in [5, 5.41) is 0. The molecule has 0 aromatic heterocycles. The Balaban J connectivity index is 1.48. The molecule has 0 aliphatic carbocycles. The van der Waals surface area contributed by atoms with Crippen LogP contribution in [-0.4, -0.2) is 52.4 Å². The number of ether oxygens (including phenoxy) is 1. The lowest BCUT2D eigenvalue weighted by molar-refractivity contribution is 0.178. The highest BCUT2D eigenvalue weighted by atomic mass is 32.2. The lowest BCUT2D eigenvalue weighted by Gasteiger charge is -2.32. The highest BCUT2D eigenvalue weighted by molar-refractivity contribution is 7.88. The van der Waals surface area contributed by atoms with Crippen molar-refractivity contribution < 1.29 is 13.2 Å². The van der Waals surface area contributed by atoms with Gasteiger partial charge < -0.3 is 9.64 Å². The number of likely N-dealkylation sites (tertiary alicyclic amines) is 1. The number of sulfonamides is 1. The zero-order chi connectivity index (χ0) is 16.3.